The monoisotopic (exact) mass is 467 g/mol. The smallest absolute Gasteiger partial charge is 0.240 e. The Bertz CT molecular complexity index is 1370. The van der Waals surface area contributed by atoms with E-state index in [1.54, 1.807) is 36.4 Å². The number of rotatable bonds is 8. The first kappa shape index (κ1) is 22.0. The Balaban J connectivity index is 1.58. The van der Waals surface area contributed by atoms with Crippen molar-refractivity contribution in [3.05, 3.63) is 109 Å². The number of nitrogens with one attached hydrogen (secondary N) is 1. The van der Waals surface area contributed by atoms with Gasteiger partial charge in [-0.2, -0.15) is 0 Å². The van der Waals surface area contributed by atoms with Crippen LogP contribution in [0.3, 0.4) is 0 Å². The Morgan fingerprint density at radius 1 is 0.656 bits per heavy atom. The fraction of sp³-hybridized carbons (Fsp3) is 0.0833. The van der Waals surface area contributed by atoms with E-state index in [-0.39, 0.29) is 22.1 Å². The van der Waals surface area contributed by atoms with Crippen LogP contribution in [0.25, 0.3) is 11.1 Å². The van der Waals surface area contributed by atoms with E-state index in [0.717, 1.165) is 11.1 Å². The van der Waals surface area contributed by atoms with Crippen molar-refractivity contribution in [3.8, 4) is 11.1 Å². The molecular formula is C24H21NO5S2. The van der Waals surface area contributed by atoms with Gasteiger partial charge in [0.1, 0.15) is 11.0 Å². The van der Waals surface area contributed by atoms with Gasteiger partial charge in [0.2, 0.25) is 10.0 Å². The summed E-state index contributed by atoms with van der Waals surface area (Å²) in [5.41, 5.74) is 1.85. The minimum absolute atomic E-state index is 0.0486. The molecule has 0 spiro atoms. The number of benzene rings is 3. The Morgan fingerprint density at radius 3 is 1.84 bits per heavy atom. The van der Waals surface area contributed by atoms with E-state index in [4.69, 9.17) is 4.42 Å². The van der Waals surface area contributed by atoms with E-state index < -0.39 is 25.1 Å². The molecule has 0 saturated heterocycles. The molecule has 0 saturated carbocycles. The lowest BCUT2D eigenvalue weighted by Gasteiger charge is -2.17. The van der Waals surface area contributed by atoms with E-state index >= 15 is 0 Å². The van der Waals surface area contributed by atoms with Crippen LogP contribution in [0.15, 0.2) is 118 Å². The third kappa shape index (κ3) is 4.67. The Labute approximate surface area is 187 Å². The number of hydrogen-bond donors (Lipinski definition) is 1. The van der Waals surface area contributed by atoms with E-state index in [2.05, 4.69) is 4.72 Å². The van der Waals surface area contributed by atoms with Crippen LogP contribution in [0.2, 0.25) is 0 Å². The first-order valence-electron chi connectivity index (χ1n) is 9.85. The van der Waals surface area contributed by atoms with Gasteiger partial charge < -0.3 is 4.42 Å². The van der Waals surface area contributed by atoms with Crippen LogP contribution in [0.5, 0.6) is 0 Å². The molecule has 3 aromatic carbocycles. The van der Waals surface area contributed by atoms with Crippen molar-refractivity contribution in [1.82, 2.24) is 4.72 Å². The van der Waals surface area contributed by atoms with Crippen LogP contribution in [0.1, 0.15) is 11.0 Å². The molecule has 1 aromatic heterocycles. The van der Waals surface area contributed by atoms with Gasteiger partial charge in [-0.05, 0) is 47.5 Å². The topological polar surface area (TPSA) is 93.4 Å². The molecule has 1 unspecified atom stereocenters. The van der Waals surface area contributed by atoms with Crippen LogP contribution >= 0.6 is 0 Å². The molecule has 0 amide bonds. The summed E-state index contributed by atoms with van der Waals surface area (Å²) < 4.78 is 59.9. The molecule has 1 heterocycles. The minimum atomic E-state index is -3.94. The molecule has 32 heavy (non-hydrogen) atoms. The number of hydrogen-bond acceptors (Lipinski definition) is 5. The molecule has 164 valence electrons. The average molecular weight is 468 g/mol. The lowest BCUT2D eigenvalue weighted by atomic mass is 10.1. The first-order valence-corrected chi connectivity index (χ1v) is 12.9. The number of furan rings is 1. The Morgan fingerprint density at radius 2 is 1.25 bits per heavy atom. The van der Waals surface area contributed by atoms with Crippen molar-refractivity contribution >= 4 is 19.9 Å². The Kier molecular flexibility index (Phi) is 6.27. The molecular weight excluding hydrogens is 446 g/mol. The zero-order valence-electron chi connectivity index (χ0n) is 17.0. The van der Waals surface area contributed by atoms with Crippen molar-refractivity contribution in [2.24, 2.45) is 0 Å². The van der Waals surface area contributed by atoms with Crippen molar-refractivity contribution < 1.29 is 21.3 Å². The summed E-state index contributed by atoms with van der Waals surface area (Å²) in [7, 11) is -7.84. The summed E-state index contributed by atoms with van der Waals surface area (Å²) in [5.74, 6) is 0.163. The standard InChI is InChI=1S/C24H21NO5S2/c26-31(27,21-10-5-2-6-11-21)24(23-12-7-17-30-23)18-25-32(28,29)22-15-13-20(14-16-22)19-8-3-1-4-9-19/h1-17,24-25H,18H2. The summed E-state index contributed by atoms with van der Waals surface area (Å²) in [4.78, 5) is 0.139. The largest absolute Gasteiger partial charge is 0.468 e. The van der Waals surface area contributed by atoms with Crippen LogP contribution in [-0.2, 0) is 19.9 Å². The summed E-state index contributed by atoms with van der Waals surface area (Å²) >= 11 is 0. The molecule has 0 fully saturated rings. The second kappa shape index (κ2) is 9.12. The molecule has 4 aromatic rings. The lowest BCUT2D eigenvalue weighted by Crippen LogP contribution is -2.31. The normalized spacial score (nSPS) is 13.0. The second-order valence-corrected chi connectivity index (χ2v) is 11.0. The summed E-state index contributed by atoms with van der Waals surface area (Å²) in [5, 5.41) is -1.21. The maximum atomic E-state index is 13.2. The molecule has 1 atom stereocenters. The Hall–Kier alpha value is -3.20. The molecule has 0 aliphatic heterocycles. The molecule has 8 heteroatoms. The van der Waals surface area contributed by atoms with Gasteiger partial charge >= 0.3 is 0 Å². The zero-order valence-corrected chi connectivity index (χ0v) is 18.6. The average Bonchev–Trinajstić information content (AvgIpc) is 3.35. The number of sulfonamides is 1. The van der Waals surface area contributed by atoms with Gasteiger partial charge in [-0.15, -0.1) is 0 Å². The van der Waals surface area contributed by atoms with Crippen LogP contribution in [0.4, 0.5) is 0 Å². The highest BCUT2D eigenvalue weighted by molar-refractivity contribution is 7.92. The van der Waals surface area contributed by atoms with Gasteiger partial charge in [0.05, 0.1) is 16.1 Å². The van der Waals surface area contributed by atoms with Gasteiger partial charge in [0.25, 0.3) is 0 Å². The molecule has 4 rings (SSSR count). The fourth-order valence-electron chi connectivity index (χ4n) is 3.34. The fourth-order valence-corrected chi connectivity index (χ4v) is 6.10. The zero-order chi connectivity index (χ0) is 22.6. The highest BCUT2D eigenvalue weighted by Gasteiger charge is 2.32. The molecule has 6 nitrogen and oxygen atoms in total. The molecule has 0 bridgehead atoms. The minimum Gasteiger partial charge on any atom is -0.468 e. The molecule has 1 N–H and O–H groups in total. The highest BCUT2D eigenvalue weighted by atomic mass is 32.2. The van der Waals surface area contributed by atoms with Gasteiger partial charge in [0.15, 0.2) is 9.84 Å². The van der Waals surface area contributed by atoms with Crippen molar-refractivity contribution in [2.75, 3.05) is 6.54 Å². The predicted octanol–water partition coefficient (Wildman–Crippen LogP) is 4.44. The van der Waals surface area contributed by atoms with Gasteiger partial charge in [-0.3, -0.25) is 0 Å². The molecule has 0 radical (unpaired) electrons. The lowest BCUT2D eigenvalue weighted by molar-refractivity contribution is 0.486. The summed E-state index contributed by atoms with van der Waals surface area (Å²) in [6.45, 7) is -0.368. The predicted molar refractivity (Wildman–Crippen MR) is 122 cm³/mol. The van der Waals surface area contributed by atoms with E-state index in [0.29, 0.717) is 0 Å². The quantitative estimate of drug-likeness (QED) is 0.413. The van der Waals surface area contributed by atoms with Gasteiger partial charge in [0, 0.05) is 6.54 Å². The van der Waals surface area contributed by atoms with Crippen LogP contribution in [0, 0.1) is 0 Å². The van der Waals surface area contributed by atoms with Gasteiger partial charge in [-0.25, -0.2) is 21.6 Å². The first-order chi connectivity index (χ1) is 15.4. The highest BCUT2D eigenvalue weighted by Crippen LogP contribution is 2.29. The molecule has 0 aliphatic rings. The maximum absolute atomic E-state index is 13.2. The van der Waals surface area contributed by atoms with E-state index in [1.165, 1.54) is 36.6 Å². The van der Waals surface area contributed by atoms with Crippen molar-refractivity contribution in [2.45, 2.75) is 15.0 Å². The SMILES string of the molecule is O=S(=O)(NCC(c1ccco1)S(=O)(=O)c1ccccc1)c1ccc(-c2ccccc2)cc1. The maximum Gasteiger partial charge on any atom is 0.240 e. The van der Waals surface area contributed by atoms with Crippen LogP contribution in [-0.4, -0.2) is 23.4 Å². The molecule has 0 aliphatic carbocycles. The third-order valence-corrected chi connectivity index (χ3v) is 8.55. The van der Waals surface area contributed by atoms with E-state index in [9.17, 15) is 16.8 Å². The van der Waals surface area contributed by atoms with Gasteiger partial charge in [-0.1, -0.05) is 60.7 Å². The third-order valence-electron chi connectivity index (χ3n) is 5.04. The number of sulfone groups is 1. The van der Waals surface area contributed by atoms with Crippen LogP contribution < -0.4 is 4.72 Å². The summed E-state index contributed by atoms with van der Waals surface area (Å²) in [6, 6.07) is 27.0. The summed E-state index contributed by atoms with van der Waals surface area (Å²) in [6.07, 6.45) is 1.36. The van der Waals surface area contributed by atoms with E-state index in [1.807, 2.05) is 30.3 Å². The van der Waals surface area contributed by atoms with Crippen molar-refractivity contribution in [3.63, 3.8) is 0 Å². The van der Waals surface area contributed by atoms with Crippen molar-refractivity contribution in [1.29, 1.82) is 0 Å². The second-order valence-electron chi connectivity index (χ2n) is 7.10.